The number of nitrogens with one attached hydrogen (secondary N) is 1. The first kappa shape index (κ1) is 10.7. The van der Waals surface area contributed by atoms with E-state index in [1.807, 2.05) is 0 Å². The lowest BCUT2D eigenvalue weighted by atomic mass is 10.1. The van der Waals surface area contributed by atoms with E-state index >= 15 is 0 Å². The van der Waals surface area contributed by atoms with Crippen molar-refractivity contribution in [2.75, 3.05) is 5.32 Å². The van der Waals surface area contributed by atoms with Crippen molar-refractivity contribution in [1.82, 2.24) is 0 Å². The number of hydrogen-bond donors (Lipinski definition) is 2. The second-order valence-corrected chi connectivity index (χ2v) is 3.78. The van der Waals surface area contributed by atoms with Gasteiger partial charge < -0.3 is 10.4 Å². The number of benzene rings is 1. The molecule has 0 aliphatic heterocycles. The third-order valence-corrected chi connectivity index (χ3v) is 2.58. The first-order valence-corrected chi connectivity index (χ1v) is 5.11. The predicted octanol–water partition coefficient (Wildman–Crippen LogP) is 2.65. The second kappa shape index (κ2) is 4.35. The van der Waals surface area contributed by atoms with Gasteiger partial charge in [-0.15, -0.1) is 0 Å². The monoisotopic (exact) mass is 221 g/mol. The first-order valence-electron chi connectivity index (χ1n) is 5.11. The summed E-state index contributed by atoms with van der Waals surface area (Å²) in [6, 6.07) is 4.38. The minimum absolute atomic E-state index is 0.287. The molecule has 2 rings (SSSR count). The molecule has 0 unspecified atom stereocenters. The number of aromatic carboxylic acids is 1. The summed E-state index contributed by atoms with van der Waals surface area (Å²) in [5.74, 6) is -1.95. The fourth-order valence-corrected chi connectivity index (χ4v) is 1.75. The van der Waals surface area contributed by atoms with Crippen molar-refractivity contribution in [3.8, 4) is 0 Å². The van der Waals surface area contributed by atoms with E-state index in [0.717, 1.165) is 12.8 Å². The molecule has 0 spiro atoms. The predicted molar refractivity (Wildman–Crippen MR) is 59.1 cm³/mol. The molecule has 0 saturated heterocycles. The summed E-state index contributed by atoms with van der Waals surface area (Å²) in [7, 11) is 0. The van der Waals surface area contributed by atoms with Crippen LogP contribution in [0.2, 0.25) is 0 Å². The molecule has 1 aliphatic rings. The minimum Gasteiger partial charge on any atom is -0.478 e. The Morgan fingerprint density at radius 1 is 1.38 bits per heavy atom. The molecular weight excluding hydrogens is 209 g/mol. The van der Waals surface area contributed by atoms with Gasteiger partial charge in [-0.1, -0.05) is 12.2 Å². The first-order chi connectivity index (χ1) is 7.66. The number of rotatable bonds is 3. The summed E-state index contributed by atoms with van der Waals surface area (Å²) in [4.78, 5) is 10.6. The van der Waals surface area contributed by atoms with Gasteiger partial charge in [0.1, 0.15) is 5.82 Å². The highest BCUT2D eigenvalue weighted by atomic mass is 19.1. The van der Waals surface area contributed by atoms with Crippen molar-refractivity contribution >= 4 is 11.7 Å². The van der Waals surface area contributed by atoms with Gasteiger partial charge in [0, 0.05) is 11.7 Å². The van der Waals surface area contributed by atoms with Crippen LogP contribution in [0.3, 0.4) is 0 Å². The lowest BCUT2D eigenvalue weighted by Crippen LogP contribution is -2.15. The van der Waals surface area contributed by atoms with Gasteiger partial charge in [-0.2, -0.15) is 0 Å². The highest BCUT2D eigenvalue weighted by molar-refractivity contribution is 5.88. The van der Waals surface area contributed by atoms with Crippen molar-refractivity contribution in [2.24, 2.45) is 0 Å². The Bertz CT molecular complexity index is 435. The Morgan fingerprint density at radius 3 is 2.62 bits per heavy atom. The molecule has 0 bridgehead atoms. The second-order valence-electron chi connectivity index (χ2n) is 3.78. The maximum Gasteiger partial charge on any atom is 0.338 e. The molecule has 16 heavy (non-hydrogen) atoms. The summed E-state index contributed by atoms with van der Waals surface area (Å²) >= 11 is 0. The van der Waals surface area contributed by atoms with Crippen LogP contribution >= 0.6 is 0 Å². The zero-order valence-corrected chi connectivity index (χ0v) is 8.61. The number of halogens is 1. The molecule has 1 aromatic carbocycles. The van der Waals surface area contributed by atoms with Crippen LogP contribution in [0.25, 0.3) is 0 Å². The maximum absolute atomic E-state index is 13.3. The van der Waals surface area contributed by atoms with E-state index in [0.29, 0.717) is 5.69 Å². The van der Waals surface area contributed by atoms with Gasteiger partial charge >= 0.3 is 5.97 Å². The van der Waals surface area contributed by atoms with Crippen LogP contribution in [0.5, 0.6) is 0 Å². The fourth-order valence-electron chi connectivity index (χ4n) is 1.75. The lowest BCUT2D eigenvalue weighted by molar-refractivity contribution is 0.0692. The normalized spacial score (nSPS) is 15.3. The summed E-state index contributed by atoms with van der Waals surface area (Å²) in [5.41, 5.74) is 0.325. The topological polar surface area (TPSA) is 49.3 Å². The van der Waals surface area contributed by atoms with Crippen molar-refractivity contribution in [1.29, 1.82) is 0 Å². The number of carboxylic acid groups (broad SMARTS) is 1. The molecule has 3 nitrogen and oxygen atoms in total. The SMILES string of the molecule is O=C(O)c1ccc(NC2CC=CC2)cc1F. The number of anilines is 1. The van der Waals surface area contributed by atoms with E-state index in [-0.39, 0.29) is 11.6 Å². The van der Waals surface area contributed by atoms with Gasteiger partial charge in [-0.05, 0) is 31.0 Å². The molecule has 4 heteroatoms. The molecule has 0 fully saturated rings. The summed E-state index contributed by atoms with van der Waals surface area (Å²) < 4.78 is 13.3. The Kier molecular flexibility index (Phi) is 2.90. The van der Waals surface area contributed by atoms with E-state index in [1.165, 1.54) is 12.1 Å². The number of carboxylic acids is 1. The molecule has 0 saturated carbocycles. The maximum atomic E-state index is 13.3. The van der Waals surface area contributed by atoms with E-state index in [2.05, 4.69) is 17.5 Å². The summed E-state index contributed by atoms with van der Waals surface area (Å²) in [5, 5.41) is 11.8. The Labute approximate surface area is 92.6 Å². The Hall–Kier alpha value is -1.84. The van der Waals surface area contributed by atoms with Crippen LogP contribution in [0.4, 0.5) is 10.1 Å². The largest absolute Gasteiger partial charge is 0.478 e. The smallest absolute Gasteiger partial charge is 0.338 e. The highest BCUT2D eigenvalue weighted by Crippen LogP contribution is 2.19. The van der Waals surface area contributed by atoms with Crippen molar-refractivity contribution in [2.45, 2.75) is 18.9 Å². The van der Waals surface area contributed by atoms with Gasteiger partial charge in [0.25, 0.3) is 0 Å². The molecule has 0 atom stereocenters. The molecule has 1 aromatic rings. The van der Waals surface area contributed by atoms with Crippen LogP contribution in [-0.2, 0) is 0 Å². The van der Waals surface area contributed by atoms with Gasteiger partial charge in [-0.3, -0.25) is 0 Å². The number of hydrogen-bond acceptors (Lipinski definition) is 2. The van der Waals surface area contributed by atoms with Crippen LogP contribution in [-0.4, -0.2) is 17.1 Å². The van der Waals surface area contributed by atoms with E-state index in [9.17, 15) is 9.18 Å². The van der Waals surface area contributed by atoms with Crippen molar-refractivity contribution < 1.29 is 14.3 Å². The zero-order chi connectivity index (χ0) is 11.5. The van der Waals surface area contributed by atoms with Crippen molar-refractivity contribution in [3.63, 3.8) is 0 Å². The average Bonchev–Trinajstić information content (AvgIpc) is 2.70. The minimum atomic E-state index is -1.24. The van der Waals surface area contributed by atoms with E-state index in [1.54, 1.807) is 6.07 Å². The highest BCUT2D eigenvalue weighted by Gasteiger charge is 2.13. The molecule has 0 amide bonds. The van der Waals surface area contributed by atoms with Crippen LogP contribution in [0, 0.1) is 5.82 Å². The van der Waals surface area contributed by atoms with Crippen LogP contribution < -0.4 is 5.32 Å². The molecule has 0 aromatic heterocycles. The van der Waals surface area contributed by atoms with E-state index in [4.69, 9.17) is 5.11 Å². The van der Waals surface area contributed by atoms with Gasteiger partial charge in [0.05, 0.1) is 5.56 Å². The quantitative estimate of drug-likeness (QED) is 0.771. The van der Waals surface area contributed by atoms with Gasteiger partial charge in [0.2, 0.25) is 0 Å². The third kappa shape index (κ3) is 2.21. The lowest BCUT2D eigenvalue weighted by Gasteiger charge is -2.13. The van der Waals surface area contributed by atoms with E-state index < -0.39 is 11.8 Å². The Morgan fingerprint density at radius 2 is 2.06 bits per heavy atom. The number of carbonyl (C=O) groups is 1. The summed E-state index contributed by atoms with van der Waals surface area (Å²) in [6.07, 6.45) is 5.98. The molecule has 2 N–H and O–H groups in total. The standard InChI is InChI=1S/C12H12FNO2/c13-11-7-9(5-6-10(11)12(15)16)14-8-3-1-2-4-8/h1-2,5-8,14H,3-4H2,(H,15,16). The molecule has 0 heterocycles. The van der Waals surface area contributed by atoms with Crippen molar-refractivity contribution in [3.05, 3.63) is 41.7 Å². The van der Waals surface area contributed by atoms with Crippen LogP contribution in [0.1, 0.15) is 23.2 Å². The molecular formula is C12H12FNO2. The fraction of sp³-hybridized carbons (Fsp3) is 0.250. The molecule has 84 valence electrons. The third-order valence-electron chi connectivity index (χ3n) is 2.58. The molecule has 1 aliphatic carbocycles. The average molecular weight is 221 g/mol. The van der Waals surface area contributed by atoms with Gasteiger partial charge in [-0.25, -0.2) is 9.18 Å². The summed E-state index contributed by atoms with van der Waals surface area (Å²) in [6.45, 7) is 0. The van der Waals surface area contributed by atoms with Gasteiger partial charge in [0.15, 0.2) is 0 Å². The molecule has 0 radical (unpaired) electrons. The Balaban J connectivity index is 2.11. The zero-order valence-electron chi connectivity index (χ0n) is 8.61. The van der Waals surface area contributed by atoms with Crippen LogP contribution in [0.15, 0.2) is 30.4 Å².